The molecule has 2 rings (SSSR count). The fourth-order valence-corrected chi connectivity index (χ4v) is 4.41. The van der Waals surface area contributed by atoms with E-state index in [1.807, 2.05) is 0 Å². The predicted octanol–water partition coefficient (Wildman–Crippen LogP) is 2.03. The average molecular weight is 332 g/mol. The van der Waals surface area contributed by atoms with Gasteiger partial charge in [0.15, 0.2) is 0 Å². The number of thiazole rings is 1. The first-order chi connectivity index (χ1) is 9.90. The number of nitrogens with one attached hydrogen (secondary N) is 1. The summed E-state index contributed by atoms with van der Waals surface area (Å²) in [7, 11) is -3.05. The maximum absolute atomic E-state index is 11.6. The van der Waals surface area contributed by atoms with Crippen LogP contribution in [0, 0.1) is 5.92 Å². The lowest BCUT2D eigenvalue weighted by atomic mass is 9.99. The van der Waals surface area contributed by atoms with Crippen molar-refractivity contribution >= 4 is 21.4 Å². The minimum absolute atomic E-state index is 0.218. The molecule has 0 spiro atoms. The van der Waals surface area contributed by atoms with E-state index in [4.69, 9.17) is 0 Å². The zero-order valence-corrected chi connectivity index (χ0v) is 14.6. The molecule has 21 heavy (non-hydrogen) atoms. The van der Waals surface area contributed by atoms with Gasteiger partial charge in [0.05, 0.1) is 17.0 Å². The minimum atomic E-state index is -3.05. The summed E-state index contributed by atoms with van der Waals surface area (Å²) in [5, 5.41) is 6.78. The van der Waals surface area contributed by atoms with Gasteiger partial charge in [0.25, 0.3) is 0 Å². The van der Waals surface area contributed by atoms with Gasteiger partial charge in [-0.05, 0) is 38.6 Å². The van der Waals surface area contributed by atoms with Crippen molar-refractivity contribution in [1.29, 1.82) is 0 Å². The average Bonchev–Trinajstić information content (AvgIpc) is 2.93. The summed E-state index contributed by atoms with van der Waals surface area (Å²) in [5.41, 5.74) is 1.09. The quantitative estimate of drug-likeness (QED) is 0.866. The van der Waals surface area contributed by atoms with Crippen molar-refractivity contribution in [2.45, 2.75) is 39.2 Å². The van der Waals surface area contributed by atoms with E-state index in [-0.39, 0.29) is 6.04 Å². The Morgan fingerprint density at radius 2 is 2.33 bits per heavy atom. The van der Waals surface area contributed by atoms with Gasteiger partial charge in [0.2, 0.25) is 10.0 Å². The molecule has 0 saturated carbocycles. The first-order valence-electron chi connectivity index (χ1n) is 7.53. The zero-order valence-electron chi connectivity index (χ0n) is 13.0. The van der Waals surface area contributed by atoms with E-state index >= 15 is 0 Å². The molecule has 0 amide bonds. The Morgan fingerprint density at radius 1 is 1.57 bits per heavy atom. The van der Waals surface area contributed by atoms with Crippen molar-refractivity contribution in [3.63, 3.8) is 0 Å². The van der Waals surface area contributed by atoms with E-state index < -0.39 is 10.0 Å². The highest BCUT2D eigenvalue weighted by molar-refractivity contribution is 7.88. The number of aryl methyl sites for hydroxylation is 1. The first-order valence-corrected chi connectivity index (χ1v) is 10.3. The molecule has 120 valence electrons. The van der Waals surface area contributed by atoms with Crippen LogP contribution in [0.25, 0.3) is 0 Å². The van der Waals surface area contributed by atoms with E-state index in [1.54, 1.807) is 15.6 Å². The molecule has 1 aliphatic rings. The smallest absolute Gasteiger partial charge is 0.211 e. The van der Waals surface area contributed by atoms with Gasteiger partial charge in [-0.25, -0.2) is 17.7 Å². The molecule has 1 aliphatic heterocycles. The molecule has 0 aromatic carbocycles. The lowest BCUT2D eigenvalue weighted by Gasteiger charge is -2.31. The highest BCUT2D eigenvalue weighted by atomic mass is 32.2. The molecule has 0 aliphatic carbocycles. The second kappa shape index (κ2) is 7.17. The Kier molecular flexibility index (Phi) is 5.76. The second-order valence-electron chi connectivity index (χ2n) is 5.78. The summed E-state index contributed by atoms with van der Waals surface area (Å²) in [5.74, 6) is 0.389. The molecular weight excluding hydrogens is 306 g/mol. The Labute approximate surface area is 131 Å². The molecule has 2 atom stereocenters. The first kappa shape index (κ1) is 16.9. The number of rotatable bonds is 6. The van der Waals surface area contributed by atoms with Crippen LogP contribution >= 0.6 is 11.3 Å². The molecule has 0 unspecified atom stereocenters. The summed E-state index contributed by atoms with van der Waals surface area (Å²) in [4.78, 5) is 4.60. The molecule has 1 saturated heterocycles. The predicted molar refractivity (Wildman–Crippen MR) is 87.1 cm³/mol. The maximum Gasteiger partial charge on any atom is 0.211 e. The number of nitrogens with zero attached hydrogens (tertiary/aromatic N) is 2. The van der Waals surface area contributed by atoms with Crippen molar-refractivity contribution in [2.75, 3.05) is 25.9 Å². The summed E-state index contributed by atoms with van der Waals surface area (Å²) in [6, 6.07) is 0.218. The van der Waals surface area contributed by atoms with Crippen LogP contribution in [0.5, 0.6) is 0 Å². The Morgan fingerprint density at radius 3 is 2.95 bits per heavy atom. The molecule has 0 radical (unpaired) electrons. The normalized spacial score (nSPS) is 22.3. The van der Waals surface area contributed by atoms with E-state index in [1.165, 1.54) is 11.3 Å². The summed E-state index contributed by atoms with van der Waals surface area (Å²) >= 11 is 1.70. The van der Waals surface area contributed by atoms with E-state index in [0.717, 1.165) is 31.5 Å². The highest BCUT2D eigenvalue weighted by Crippen LogP contribution is 2.20. The molecule has 1 fully saturated rings. The lowest BCUT2D eigenvalue weighted by Crippen LogP contribution is -2.42. The molecule has 1 N–H and O–H groups in total. The van der Waals surface area contributed by atoms with Crippen molar-refractivity contribution in [3.8, 4) is 0 Å². The van der Waals surface area contributed by atoms with Gasteiger partial charge in [-0.1, -0.05) is 6.92 Å². The Hall–Kier alpha value is -0.500. The van der Waals surface area contributed by atoms with Crippen molar-refractivity contribution in [2.24, 2.45) is 5.92 Å². The van der Waals surface area contributed by atoms with E-state index in [2.05, 4.69) is 29.5 Å². The van der Waals surface area contributed by atoms with Crippen LogP contribution in [0.4, 0.5) is 0 Å². The van der Waals surface area contributed by atoms with Crippen LogP contribution in [0.3, 0.4) is 0 Å². The third-order valence-corrected chi connectivity index (χ3v) is 6.26. The largest absolute Gasteiger partial charge is 0.309 e. The molecule has 2 heterocycles. The highest BCUT2D eigenvalue weighted by Gasteiger charge is 2.26. The summed E-state index contributed by atoms with van der Waals surface area (Å²) in [6.07, 6.45) is 4.31. The fourth-order valence-electron chi connectivity index (χ4n) is 2.63. The van der Waals surface area contributed by atoms with Gasteiger partial charge in [0, 0.05) is 24.5 Å². The van der Waals surface area contributed by atoms with Gasteiger partial charge in [0.1, 0.15) is 0 Å². The number of aromatic nitrogens is 1. The molecular formula is C14H25N3O2S2. The zero-order chi connectivity index (χ0) is 15.5. The summed E-state index contributed by atoms with van der Waals surface area (Å²) in [6.45, 7) is 6.37. The number of sulfonamides is 1. The van der Waals surface area contributed by atoms with Crippen LogP contribution in [-0.2, 0) is 16.4 Å². The maximum atomic E-state index is 11.6. The van der Waals surface area contributed by atoms with Crippen molar-refractivity contribution < 1.29 is 8.42 Å². The van der Waals surface area contributed by atoms with Gasteiger partial charge in [-0.15, -0.1) is 11.3 Å². The standard InChI is InChI=1S/C14H25N3O2S2/c1-4-14-16-13(10-20-14)11(2)15-8-12-6-5-7-17(9-12)21(3,18)19/h10-12,15H,4-9H2,1-3H3/t11-,12+/m1/s1. The van der Waals surface area contributed by atoms with Gasteiger partial charge in [-0.2, -0.15) is 0 Å². The number of hydrogen-bond acceptors (Lipinski definition) is 5. The summed E-state index contributed by atoms with van der Waals surface area (Å²) < 4.78 is 24.9. The van der Waals surface area contributed by atoms with Gasteiger partial charge < -0.3 is 5.32 Å². The lowest BCUT2D eigenvalue weighted by molar-refractivity contribution is 0.256. The Balaban J connectivity index is 1.84. The van der Waals surface area contributed by atoms with Crippen LogP contribution in [0.2, 0.25) is 0 Å². The minimum Gasteiger partial charge on any atom is -0.309 e. The monoisotopic (exact) mass is 331 g/mol. The van der Waals surface area contributed by atoms with E-state index in [9.17, 15) is 8.42 Å². The molecule has 1 aromatic rings. The number of piperidine rings is 1. The SMILES string of the molecule is CCc1nc([C@@H](C)NC[C@@H]2CCCN(S(C)(=O)=O)C2)cs1. The van der Waals surface area contributed by atoms with Gasteiger partial charge >= 0.3 is 0 Å². The van der Waals surface area contributed by atoms with E-state index in [0.29, 0.717) is 19.0 Å². The fraction of sp³-hybridized carbons (Fsp3) is 0.786. The molecule has 5 nitrogen and oxygen atoms in total. The molecule has 0 bridgehead atoms. The molecule has 1 aromatic heterocycles. The third kappa shape index (κ3) is 4.74. The topological polar surface area (TPSA) is 62.3 Å². The Bertz CT molecular complexity index is 556. The van der Waals surface area contributed by atoms with Crippen LogP contribution in [-0.4, -0.2) is 43.6 Å². The van der Waals surface area contributed by atoms with Crippen molar-refractivity contribution in [3.05, 3.63) is 16.1 Å². The number of hydrogen-bond donors (Lipinski definition) is 1. The third-order valence-electron chi connectivity index (χ3n) is 3.98. The molecule has 7 heteroatoms. The van der Waals surface area contributed by atoms with Crippen molar-refractivity contribution in [1.82, 2.24) is 14.6 Å². The van der Waals surface area contributed by atoms with Crippen LogP contribution < -0.4 is 5.32 Å². The van der Waals surface area contributed by atoms with Gasteiger partial charge in [-0.3, -0.25) is 0 Å². The van der Waals surface area contributed by atoms with Crippen LogP contribution in [0.1, 0.15) is 43.4 Å². The van der Waals surface area contributed by atoms with Crippen LogP contribution in [0.15, 0.2) is 5.38 Å². The second-order valence-corrected chi connectivity index (χ2v) is 8.70.